The van der Waals surface area contributed by atoms with Crippen LogP contribution in [0.2, 0.25) is 5.02 Å². The molecule has 1 atom stereocenters. The smallest absolute Gasteiger partial charge is 0.282 e. The fraction of sp³-hybridized carbons (Fsp3) is 0.304. The number of piperidine rings is 1. The molecule has 0 radical (unpaired) electrons. The molecule has 2 heterocycles. The first kappa shape index (κ1) is 19.7. The topological polar surface area (TPSA) is 60.9 Å². The van der Waals surface area contributed by atoms with Gasteiger partial charge in [0.05, 0.1) is 11.3 Å². The largest absolute Gasteiger partial charge is 0.396 e. The fourth-order valence-electron chi connectivity index (χ4n) is 4.18. The highest BCUT2D eigenvalue weighted by atomic mass is 35.5. The van der Waals surface area contributed by atoms with Gasteiger partial charge in [0.2, 0.25) is 0 Å². The summed E-state index contributed by atoms with van der Waals surface area (Å²) in [6.07, 6.45) is 1.79. The molecule has 6 heteroatoms. The lowest BCUT2D eigenvalue weighted by molar-refractivity contribution is -0.120. The Morgan fingerprint density at radius 3 is 2.55 bits per heavy atom. The van der Waals surface area contributed by atoms with E-state index in [9.17, 15) is 14.7 Å². The second-order valence-corrected chi connectivity index (χ2v) is 8.04. The monoisotopic (exact) mass is 410 g/mol. The molecule has 1 fully saturated rings. The number of carbonyl (C=O) groups excluding carboxylic acids is 2. The van der Waals surface area contributed by atoms with Crippen LogP contribution in [-0.2, 0) is 9.59 Å². The number of benzene rings is 2. The standard InChI is InChI=1S/C23H23ClN2O3/c1-15-12-18(24)9-10-19(15)26-22(28)20(17-7-3-2-4-8-17)21(23(26)29)25-11-5-6-16(13-25)14-27/h2-4,7-10,12,16,27H,5-6,11,13-14H2,1H3. The zero-order chi connectivity index (χ0) is 20.5. The summed E-state index contributed by atoms with van der Waals surface area (Å²) in [5.41, 5.74) is 2.88. The van der Waals surface area contributed by atoms with Crippen molar-refractivity contribution < 1.29 is 14.7 Å². The summed E-state index contributed by atoms with van der Waals surface area (Å²) in [5, 5.41) is 10.2. The normalized spacial score (nSPS) is 20.0. The van der Waals surface area contributed by atoms with Crippen LogP contribution in [0.4, 0.5) is 5.69 Å². The summed E-state index contributed by atoms with van der Waals surface area (Å²) < 4.78 is 0. The summed E-state index contributed by atoms with van der Waals surface area (Å²) >= 11 is 6.07. The molecule has 2 aliphatic rings. The van der Waals surface area contributed by atoms with E-state index in [2.05, 4.69) is 0 Å². The number of hydrogen-bond donors (Lipinski definition) is 1. The van der Waals surface area contributed by atoms with Crippen LogP contribution in [0.3, 0.4) is 0 Å². The van der Waals surface area contributed by atoms with E-state index in [1.165, 1.54) is 4.90 Å². The summed E-state index contributed by atoms with van der Waals surface area (Å²) in [6, 6.07) is 14.5. The highest BCUT2D eigenvalue weighted by Crippen LogP contribution is 2.37. The van der Waals surface area contributed by atoms with Crippen molar-refractivity contribution in [3.05, 3.63) is 70.4 Å². The summed E-state index contributed by atoms with van der Waals surface area (Å²) in [5.74, 6) is -0.548. The maximum Gasteiger partial charge on any atom is 0.282 e. The predicted octanol–water partition coefficient (Wildman–Crippen LogP) is 3.64. The molecule has 2 amide bonds. The Bertz CT molecular complexity index is 987. The maximum atomic E-state index is 13.5. The van der Waals surface area contributed by atoms with Gasteiger partial charge in [0.15, 0.2) is 0 Å². The number of carbonyl (C=O) groups is 2. The van der Waals surface area contributed by atoms with Gasteiger partial charge in [0.25, 0.3) is 11.8 Å². The molecule has 4 rings (SSSR count). The molecule has 2 aromatic carbocycles. The first-order valence-corrected chi connectivity index (χ1v) is 10.2. The minimum Gasteiger partial charge on any atom is -0.396 e. The van der Waals surface area contributed by atoms with Crippen molar-refractivity contribution in [1.29, 1.82) is 0 Å². The van der Waals surface area contributed by atoms with Gasteiger partial charge in [-0.3, -0.25) is 9.59 Å². The average molecular weight is 411 g/mol. The zero-order valence-electron chi connectivity index (χ0n) is 16.3. The van der Waals surface area contributed by atoms with Crippen molar-refractivity contribution >= 4 is 34.7 Å². The van der Waals surface area contributed by atoms with Gasteiger partial charge in [-0.05, 0) is 55.0 Å². The number of amides is 2. The number of hydrogen-bond acceptors (Lipinski definition) is 4. The third-order valence-electron chi connectivity index (χ3n) is 5.62. The molecule has 1 saturated heterocycles. The summed E-state index contributed by atoms with van der Waals surface area (Å²) in [6.45, 7) is 3.17. The van der Waals surface area contributed by atoms with Crippen LogP contribution in [0, 0.1) is 12.8 Å². The van der Waals surface area contributed by atoms with Crippen molar-refractivity contribution in [3.8, 4) is 0 Å². The number of nitrogens with zero attached hydrogens (tertiary/aromatic N) is 2. The minimum atomic E-state index is -0.326. The van der Waals surface area contributed by atoms with Gasteiger partial charge in [0, 0.05) is 24.7 Å². The maximum absolute atomic E-state index is 13.5. The number of imide groups is 1. The molecule has 0 aliphatic carbocycles. The molecule has 150 valence electrons. The Kier molecular flexibility index (Phi) is 5.43. The van der Waals surface area contributed by atoms with E-state index in [4.69, 9.17) is 11.6 Å². The molecule has 1 N–H and O–H groups in total. The van der Waals surface area contributed by atoms with Gasteiger partial charge in [-0.1, -0.05) is 41.9 Å². The lowest BCUT2D eigenvalue weighted by Crippen LogP contribution is -2.40. The van der Waals surface area contributed by atoms with E-state index in [1.54, 1.807) is 18.2 Å². The molecule has 1 unspecified atom stereocenters. The van der Waals surface area contributed by atoms with Gasteiger partial charge in [-0.25, -0.2) is 4.90 Å². The van der Waals surface area contributed by atoms with E-state index in [0.717, 1.165) is 24.0 Å². The molecular formula is C23H23ClN2O3. The first-order chi connectivity index (χ1) is 14.0. The second-order valence-electron chi connectivity index (χ2n) is 7.60. The number of aryl methyl sites for hydroxylation is 1. The van der Waals surface area contributed by atoms with Crippen LogP contribution < -0.4 is 4.90 Å². The van der Waals surface area contributed by atoms with Crippen LogP contribution >= 0.6 is 11.6 Å². The van der Waals surface area contributed by atoms with E-state index < -0.39 is 0 Å². The zero-order valence-corrected chi connectivity index (χ0v) is 17.0. The quantitative estimate of drug-likeness (QED) is 0.782. The Morgan fingerprint density at radius 2 is 1.86 bits per heavy atom. The van der Waals surface area contributed by atoms with Crippen molar-refractivity contribution in [1.82, 2.24) is 4.90 Å². The summed E-state index contributed by atoms with van der Waals surface area (Å²) in [7, 11) is 0. The Labute approximate surface area is 175 Å². The molecule has 0 spiro atoms. The molecule has 5 nitrogen and oxygen atoms in total. The highest BCUT2D eigenvalue weighted by molar-refractivity contribution is 6.45. The van der Waals surface area contributed by atoms with Gasteiger partial charge in [-0.2, -0.15) is 0 Å². The molecule has 2 aromatic rings. The van der Waals surface area contributed by atoms with Crippen LogP contribution in [-0.4, -0.2) is 41.5 Å². The molecule has 2 aliphatic heterocycles. The molecule has 0 saturated carbocycles. The van der Waals surface area contributed by atoms with E-state index in [0.29, 0.717) is 35.1 Å². The number of aliphatic hydroxyl groups is 1. The molecule has 29 heavy (non-hydrogen) atoms. The third kappa shape index (κ3) is 3.56. The van der Waals surface area contributed by atoms with Crippen LogP contribution in [0.1, 0.15) is 24.0 Å². The Hall–Kier alpha value is -2.63. The van der Waals surface area contributed by atoms with Gasteiger partial charge < -0.3 is 10.0 Å². The lowest BCUT2D eigenvalue weighted by atomic mass is 9.97. The highest BCUT2D eigenvalue weighted by Gasteiger charge is 2.43. The predicted molar refractivity (Wildman–Crippen MR) is 113 cm³/mol. The molecule has 0 bridgehead atoms. The second kappa shape index (κ2) is 8.01. The van der Waals surface area contributed by atoms with Crippen molar-refractivity contribution in [2.75, 3.05) is 24.6 Å². The number of aliphatic hydroxyl groups excluding tert-OH is 1. The van der Waals surface area contributed by atoms with Crippen molar-refractivity contribution in [2.45, 2.75) is 19.8 Å². The molecule has 0 aromatic heterocycles. The van der Waals surface area contributed by atoms with Crippen LogP contribution in [0.15, 0.2) is 54.2 Å². The Morgan fingerprint density at radius 1 is 1.10 bits per heavy atom. The average Bonchev–Trinajstić information content (AvgIpc) is 2.99. The lowest BCUT2D eigenvalue weighted by Gasteiger charge is -2.34. The number of likely N-dealkylation sites (tertiary alicyclic amines) is 1. The van der Waals surface area contributed by atoms with Crippen LogP contribution in [0.5, 0.6) is 0 Å². The fourth-order valence-corrected chi connectivity index (χ4v) is 4.41. The van der Waals surface area contributed by atoms with Gasteiger partial charge >= 0.3 is 0 Å². The minimum absolute atomic E-state index is 0.0760. The summed E-state index contributed by atoms with van der Waals surface area (Å²) in [4.78, 5) is 30.3. The van der Waals surface area contributed by atoms with Crippen LogP contribution in [0.25, 0.3) is 5.57 Å². The van der Waals surface area contributed by atoms with E-state index >= 15 is 0 Å². The number of rotatable bonds is 4. The first-order valence-electron chi connectivity index (χ1n) is 9.81. The molecular weight excluding hydrogens is 388 g/mol. The van der Waals surface area contributed by atoms with Crippen molar-refractivity contribution in [3.63, 3.8) is 0 Å². The van der Waals surface area contributed by atoms with E-state index in [-0.39, 0.29) is 24.3 Å². The Balaban J connectivity index is 1.82. The third-order valence-corrected chi connectivity index (χ3v) is 5.85. The van der Waals surface area contributed by atoms with Crippen molar-refractivity contribution in [2.24, 2.45) is 5.92 Å². The SMILES string of the molecule is Cc1cc(Cl)ccc1N1C(=O)C(c2ccccc2)=C(N2CCCC(CO)C2)C1=O. The van der Waals surface area contributed by atoms with Gasteiger partial charge in [-0.15, -0.1) is 0 Å². The number of anilines is 1. The van der Waals surface area contributed by atoms with E-state index in [1.807, 2.05) is 42.2 Å². The van der Waals surface area contributed by atoms with Gasteiger partial charge in [0.1, 0.15) is 5.70 Å². The number of halogens is 1.